The molecule has 1 unspecified atom stereocenters. The molecule has 3 nitrogen and oxygen atoms in total. The summed E-state index contributed by atoms with van der Waals surface area (Å²) < 4.78 is 41.5. The Morgan fingerprint density at radius 1 is 1.44 bits per heavy atom. The monoisotopic (exact) mass is 262 g/mol. The van der Waals surface area contributed by atoms with Crippen LogP contribution in [-0.2, 0) is 11.3 Å². The van der Waals surface area contributed by atoms with Gasteiger partial charge in [0.05, 0.1) is 6.61 Å². The number of pyridine rings is 1. The summed E-state index contributed by atoms with van der Waals surface area (Å²) in [7, 11) is 0. The minimum atomic E-state index is -4.32. The van der Waals surface area contributed by atoms with Crippen LogP contribution in [0.4, 0.5) is 19.0 Å². The molecule has 0 aliphatic heterocycles. The van der Waals surface area contributed by atoms with E-state index in [1.807, 2.05) is 6.92 Å². The predicted octanol–water partition coefficient (Wildman–Crippen LogP) is 3.37. The SMILES string of the molecule is CCCNc1cc(COC(C)C(F)(F)F)ccn1. The summed E-state index contributed by atoms with van der Waals surface area (Å²) in [4.78, 5) is 4.06. The number of nitrogens with one attached hydrogen (secondary N) is 1. The van der Waals surface area contributed by atoms with Gasteiger partial charge in [0, 0.05) is 12.7 Å². The van der Waals surface area contributed by atoms with Gasteiger partial charge in [-0.3, -0.25) is 0 Å². The Labute approximate surface area is 104 Å². The first-order valence-electron chi connectivity index (χ1n) is 5.80. The van der Waals surface area contributed by atoms with E-state index in [1.165, 1.54) is 0 Å². The van der Waals surface area contributed by atoms with E-state index in [-0.39, 0.29) is 6.61 Å². The minimum absolute atomic E-state index is 0.0794. The van der Waals surface area contributed by atoms with Crippen LogP contribution in [0.2, 0.25) is 0 Å². The van der Waals surface area contributed by atoms with Crippen LogP contribution in [0, 0.1) is 0 Å². The summed E-state index contributed by atoms with van der Waals surface area (Å²) in [5.41, 5.74) is 0.666. The summed E-state index contributed by atoms with van der Waals surface area (Å²) >= 11 is 0. The molecule has 0 aliphatic carbocycles. The minimum Gasteiger partial charge on any atom is -0.370 e. The Bertz CT molecular complexity index is 369. The predicted molar refractivity (Wildman–Crippen MR) is 63.3 cm³/mol. The number of hydrogen-bond donors (Lipinski definition) is 1. The van der Waals surface area contributed by atoms with Gasteiger partial charge in [0.1, 0.15) is 5.82 Å². The van der Waals surface area contributed by atoms with Gasteiger partial charge in [0.2, 0.25) is 0 Å². The van der Waals surface area contributed by atoms with E-state index in [1.54, 1.807) is 18.3 Å². The van der Waals surface area contributed by atoms with E-state index in [0.717, 1.165) is 19.9 Å². The van der Waals surface area contributed by atoms with E-state index in [4.69, 9.17) is 4.74 Å². The molecule has 1 aromatic rings. The van der Waals surface area contributed by atoms with Crippen molar-refractivity contribution >= 4 is 5.82 Å². The highest BCUT2D eigenvalue weighted by Crippen LogP contribution is 2.23. The Balaban J connectivity index is 2.52. The molecule has 1 aromatic heterocycles. The fraction of sp³-hybridized carbons (Fsp3) is 0.583. The molecule has 1 atom stereocenters. The summed E-state index contributed by atoms with van der Waals surface area (Å²) in [6.45, 7) is 3.71. The highest BCUT2D eigenvalue weighted by Gasteiger charge is 2.36. The van der Waals surface area contributed by atoms with Crippen LogP contribution in [0.15, 0.2) is 18.3 Å². The fourth-order valence-electron chi connectivity index (χ4n) is 1.23. The molecule has 0 spiro atoms. The largest absolute Gasteiger partial charge is 0.414 e. The normalized spacial score (nSPS) is 13.4. The average Bonchev–Trinajstić information content (AvgIpc) is 2.32. The van der Waals surface area contributed by atoms with Gasteiger partial charge < -0.3 is 10.1 Å². The second-order valence-electron chi connectivity index (χ2n) is 3.97. The number of ether oxygens (including phenoxy) is 1. The molecule has 6 heteroatoms. The Hall–Kier alpha value is -1.30. The lowest BCUT2D eigenvalue weighted by atomic mass is 10.2. The number of hydrogen-bond acceptors (Lipinski definition) is 3. The van der Waals surface area contributed by atoms with E-state index in [2.05, 4.69) is 10.3 Å². The summed E-state index contributed by atoms with van der Waals surface area (Å²) in [6, 6.07) is 3.33. The van der Waals surface area contributed by atoms with Gasteiger partial charge in [-0.1, -0.05) is 6.92 Å². The fourth-order valence-corrected chi connectivity index (χ4v) is 1.23. The second-order valence-corrected chi connectivity index (χ2v) is 3.97. The van der Waals surface area contributed by atoms with E-state index in [0.29, 0.717) is 11.4 Å². The lowest BCUT2D eigenvalue weighted by Crippen LogP contribution is -2.28. The standard InChI is InChI=1S/C12H17F3N2O/c1-3-5-16-11-7-10(4-6-17-11)8-18-9(2)12(13,14)15/h4,6-7,9H,3,5,8H2,1-2H3,(H,16,17). The second kappa shape index (κ2) is 6.58. The zero-order valence-electron chi connectivity index (χ0n) is 10.4. The van der Waals surface area contributed by atoms with Crippen molar-refractivity contribution in [3.8, 4) is 0 Å². The zero-order valence-corrected chi connectivity index (χ0v) is 10.4. The van der Waals surface area contributed by atoms with Gasteiger partial charge >= 0.3 is 6.18 Å². The van der Waals surface area contributed by atoms with Crippen LogP contribution < -0.4 is 5.32 Å². The number of alkyl halides is 3. The highest BCUT2D eigenvalue weighted by molar-refractivity contribution is 5.37. The van der Waals surface area contributed by atoms with Crippen molar-refractivity contribution in [2.24, 2.45) is 0 Å². The molecule has 0 fully saturated rings. The molecule has 0 saturated heterocycles. The van der Waals surface area contributed by atoms with Crippen molar-refractivity contribution in [2.75, 3.05) is 11.9 Å². The molecule has 0 saturated carbocycles. The molecule has 0 amide bonds. The first-order chi connectivity index (χ1) is 8.43. The van der Waals surface area contributed by atoms with Gasteiger partial charge in [0.25, 0.3) is 0 Å². The van der Waals surface area contributed by atoms with Gasteiger partial charge in [-0.05, 0) is 31.0 Å². The number of halogens is 3. The van der Waals surface area contributed by atoms with Gasteiger partial charge in [-0.15, -0.1) is 0 Å². The number of aromatic nitrogens is 1. The lowest BCUT2D eigenvalue weighted by molar-refractivity contribution is -0.217. The third kappa shape index (κ3) is 4.91. The number of anilines is 1. The van der Waals surface area contributed by atoms with E-state index < -0.39 is 12.3 Å². The van der Waals surface area contributed by atoms with E-state index >= 15 is 0 Å². The quantitative estimate of drug-likeness (QED) is 0.853. The van der Waals surface area contributed by atoms with Crippen LogP contribution in [0.5, 0.6) is 0 Å². The Kier molecular flexibility index (Phi) is 5.40. The molecule has 102 valence electrons. The molecule has 1 rings (SSSR count). The Morgan fingerprint density at radius 2 is 2.17 bits per heavy atom. The van der Waals surface area contributed by atoms with Crippen molar-refractivity contribution < 1.29 is 17.9 Å². The Morgan fingerprint density at radius 3 is 2.78 bits per heavy atom. The highest BCUT2D eigenvalue weighted by atomic mass is 19.4. The van der Waals surface area contributed by atoms with Gasteiger partial charge in [-0.25, -0.2) is 4.98 Å². The van der Waals surface area contributed by atoms with Crippen molar-refractivity contribution in [1.82, 2.24) is 4.98 Å². The van der Waals surface area contributed by atoms with Gasteiger partial charge in [0.15, 0.2) is 6.10 Å². The molecular formula is C12H17F3N2O. The van der Waals surface area contributed by atoms with Gasteiger partial charge in [-0.2, -0.15) is 13.2 Å². The maximum Gasteiger partial charge on any atom is 0.414 e. The van der Waals surface area contributed by atoms with Crippen LogP contribution in [0.25, 0.3) is 0 Å². The van der Waals surface area contributed by atoms with Crippen LogP contribution in [0.1, 0.15) is 25.8 Å². The summed E-state index contributed by atoms with van der Waals surface area (Å²) in [5, 5.41) is 3.06. The van der Waals surface area contributed by atoms with Crippen molar-refractivity contribution in [2.45, 2.75) is 39.2 Å². The molecule has 18 heavy (non-hydrogen) atoms. The lowest BCUT2D eigenvalue weighted by Gasteiger charge is -2.16. The van der Waals surface area contributed by atoms with Crippen molar-refractivity contribution in [1.29, 1.82) is 0 Å². The van der Waals surface area contributed by atoms with Crippen LogP contribution in [0.3, 0.4) is 0 Å². The maximum atomic E-state index is 12.2. The smallest absolute Gasteiger partial charge is 0.370 e. The molecule has 1 heterocycles. The average molecular weight is 262 g/mol. The topological polar surface area (TPSA) is 34.1 Å². The summed E-state index contributed by atoms with van der Waals surface area (Å²) in [6.07, 6.45) is -3.59. The molecule has 0 aromatic carbocycles. The first kappa shape index (κ1) is 14.8. The summed E-state index contributed by atoms with van der Waals surface area (Å²) in [5.74, 6) is 0.651. The number of rotatable bonds is 6. The third-order valence-electron chi connectivity index (χ3n) is 2.34. The first-order valence-corrected chi connectivity index (χ1v) is 5.80. The van der Waals surface area contributed by atoms with Crippen LogP contribution >= 0.6 is 0 Å². The molecular weight excluding hydrogens is 245 g/mol. The third-order valence-corrected chi connectivity index (χ3v) is 2.34. The van der Waals surface area contributed by atoms with E-state index in [9.17, 15) is 13.2 Å². The number of nitrogens with zero attached hydrogens (tertiary/aromatic N) is 1. The van der Waals surface area contributed by atoms with Crippen LogP contribution in [-0.4, -0.2) is 23.8 Å². The molecule has 0 aliphatic rings. The molecule has 1 N–H and O–H groups in total. The molecule has 0 radical (unpaired) electrons. The zero-order chi connectivity index (χ0) is 13.6. The van der Waals surface area contributed by atoms with Crippen molar-refractivity contribution in [3.63, 3.8) is 0 Å². The molecule has 0 bridgehead atoms. The maximum absolute atomic E-state index is 12.2. The van der Waals surface area contributed by atoms with Crippen molar-refractivity contribution in [3.05, 3.63) is 23.9 Å².